The summed E-state index contributed by atoms with van der Waals surface area (Å²) in [5.74, 6) is -2.48. The van der Waals surface area contributed by atoms with Gasteiger partial charge in [-0.05, 0) is 16.9 Å². The number of halogens is 4. The minimum Gasteiger partial charge on any atom is -0.334 e. The van der Waals surface area contributed by atoms with Gasteiger partial charge in [-0.15, -0.1) is 0 Å². The van der Waals surface area contributed by atoms with Gasteiger partial charge in [-0.1, -0.05) is 34.1 Å². The highest BCUT2D eigenvalue weighted by Crippen LogP contribution is 2.20. The van der Waals surface area contributed by atoms with E-state index in [1.165, 1.54) is 0 Å². The van der Waals surface area contributed by atoms with Gasteiger partial charge in [0.25, 0.3) is 0 Å². The van der Waals surface area contributed by atoms with Gasteiger partial charge < -0.3 is 4.84 Å². The summed E-state index contributed by atoms with van der Waals surface area (Å²) in [7, 11) is 0. The van der Waals surface area contributed by atoms with E-state index in [0.717, 1.165) is 0 Å². The van der Waals surface area contributed by atoms with Crippen LogP contribution in [0.4, 0.5) is 13.2 Å². The molecule has 4 nitrogen and oxygen atoms in total. The average molecular weight is 314 g/mol. The second-order valence-corrected chi connectivity index (χ2v) is 3.83. The van der Waals surface area contributed by atoms with Gasteiger partial charge >= 0.3 is 12.1 Å². The zero-order chi connectivity index (χ0) is 13.1. The molecule has 0 radical (unpaired) electrons. The second kappa shape index (κ2) is 5.48. The molecule has 0 heterocycles. The number of carbonyl (C=O) groups is 1. The zero-order valence-corrected chi connectivity index (χ0v) is 9.83. The molecule has 0 bridgehead atoms. The molecule has 0 fully saturated rings. The van der Waals surface area contributed by atoms with Crippen molar-refractivity contribution in [3.63, 3.8) is 0 Å². The molecule has 1 N–H and O–H groups in total. The molecule has 94 valence electrons. The Morgan fingerprint density at radius 3 is 2.53 bits per heavy atom. The quantitative estimate of drug-likeness (QED) is 0.872. The van der Waals surface area contributed by atoms with E-state index in [9.17, 15) is 18.0 Å². The van der Waals surface area contributed by atoms with Gasteiger partial charge in [-0.3, -0.25) is 5.21 Å². The van der Waals surface area contributed by atoms with E-state index >= 15 is 0 Å². The summed E-state index contributed by atoms with van der Waals surface area (Å²) in [6, 6.07) is 6.50. The first-order valence-electron chi connectivity index (χ1n) is 4.29. The van der Waals surface area contributed by atoms with Crippen molar-refractivity contribution in [3.05, 3.63) is 34.3 Å². The number of carbonyl (C=O) groups excluding carboxylic acids is 1. The van der Waals surface area contributed by atoms with Gasteiger partial charge in [-0.25, -0.2) is 4.79 Å². The molecule has 1 aromatic rings. The molecule has 0 aromatic heterocycles. The normalized spacial score (nSPS) is 11.6. The maximum Gasteiger partial charge on any atom is 0.492 e. The monoisotopic (exact) mass is 313 g/mol. The summed E-state index contributed by atoms with van der Waals surface area (Å²) in [6.45, 7) is -0.386. The Morgan fingerprint density at radius 1 is 1.41 bits per heavy atom. The van der Waals surface area contributed by atoms with Crippen LogP contribution in [0, 0.1) is 0 Å². The summed E-state index contributed by atoms with van der Waals surface area (Å²) in [5, 5.41) is 8.86. The minimum atomic E-state index is -5.14. The van der Waals surface area contributed by atoms with E-state index in [0.29, 0.717) is 10.0 Å². The molecule has 17 heavy (non-hydrogen) atoms. The molecule has 8 heteroatoms. The lowest BCUT2D eigenvalue weighted by atomic mass is 10.2. The molecule has 0 unspecified atom stereocenters. The first-order chi connectivity index (χ1) is 7.80. The third-order valence-corrected chi connectivity index (χ3v) is 2.46. The lowest BCUT2D eigenvalue weighted by molar-refractivity contribution is -0.340. The summed E-state index contributed by atoms with van der Waals surface area (Å²) in [5.41, 5.74) is 0.463. The predicted octanol–water partition coefficient (Wildman–Crippen LogP) is 2.66. The summed E-state index contributed by atoms with van der Waals surface area (Å²) >= 11 is 3.13. The van der Waals surface area contributed by atoms with Crippen molar-refractivity contribution < 1.29 is 28.0 Å². The summed E-state index contributed by atoms with van der Waals surface area (Å²) < 4.78 is 36.0. The Hall–Kier alpha value is -1.12. The van der Waals surface area contributed by atoms with Crippen molar-refractivity contribution >= 4 is 21.9 Å². The van der Waals surface area contributed by atoms with E-state index in [2.05, 4.69) is 20.8 Å². The van der Waals surface area contributed by atoms with Crippen LogP contribution >= 0.6 is 15.9 Å². The molecule has 0 aliphatic carbocycles. The van der Waals surface area contributed by atoms with Gasteiger partial charge in [0, 0.05) is 4.47 Å². The zero-order valence-electron chi connectivity index (χ0n) is 8.24. The standard InChI is InChI=1S/C9H7BrF3NO3/c10-7-4-2-1-3-6(7)5-14(16)17-8(15)9(11,12)13/h1-4,16H,5H2. The lowest BCUT2D eigenvalue weighted by Crippen LogP contribution is -2.32. The van der Waals surface area contributed by atoms with Crippen LogP contribution in [0.5, 0.6) is 0 Å². The molecule has 1 rings (SSSR count). The van der Waals surface area contributed by atoms with Crippen LogP contribution in [0.3, 0.4) is 0 Å². The number of hydrogen-bond donors (Lipinski definition) is 1. The number of nitrogens with zero attached hydrogens (tertiary/aromatic N) is 1. The van der Waals surface area contributed by atoms with Crippen LogP contribution in [0.2, 0.25) is 0 Å². The smallest absolute Gasteiger partial charge is 0.334 e. The van der Waals surface area contributed by atoms with E-state index in [1.807, 2.05) is 0 Å². The highest BCUT2D eigenvalue weighted by atomic mass is 79.9. The Balaban J connectivity index is 2.59. The molecule has 0 aliphatic rings. The van der Waals surface area contributed by atoms with Gasteiger partial charge in [0.2, 0.25) is 0 Å². The van der Waals surface area contributed by atoms with Crippen molar-refractivity contribution in [1.82, 2.24) is 5.23 Å². The maximum absolute atomic E-state index is 11.8. The van der Waals surface area contributed by atoms with Gasteiger partial charge in [0.1, 0.15) is 0 Å². The first kappa shape index (κ1) is 13.9. The van der Waals surface area contributed by atoms with Gasteiger partial charge in [0.05, 0.1) is 6.54 Å². The van der Waals surface area contributed by atoms with Crippen LogP contribution in [-0.2, 0) is 16.2 Å². The molecule has 0 saturated carbocycles. The average Bonchev–Trinajstić information content (AvgIpc) is 2.20. The van der Waals surface area contributed by atoms with Crippen LogP contribution < -0.4 is 0 Å². The summed E-state index contributed by atoms with van der Waals surface area (Å²) in [6.07, 6.45) is -5.14. The van der Waals surface area contributed by atoms with E-state index in [-0.39, 0.29) is 11.8 Å². The fourth-order valence-electron chi connectivity index (χ4n) is 0.952. The third kappa shape index (κ3) is 4.33. The Labute approximate surface area is 103 Å². The molecule has 0 amide bonds. The highest BCUT2D eigenvalue weighted by molar-refractivity contribution is 9.10. The Morgan fingerprint density at radius 2 is 2.00 bits per heavy atom. The molecular weight excluding hydrogens is 307 g/mol. The number of rotatable bonds is 3. The Bertz CT molecular complexity index is 411. The van der Waals surface area contributed by atoms with Crippen molar-refractivity contribution in [1.29, 1.82) is 0 Å². The van der Waals surface area contributed by atoms with Crippen LogP contribution in [0.15, 0.2) is 28.7 Å². The minimum absolute atomic E-state index is 0.171. The van der Waals surface area contributed by atoms with Crippen LogP contribution in [0.25, 0.3) is 0 Å². The SMILES string of the molecule is O=C(ON(O)Cc1ccccc1Br)C(F)(F)F. The molecule has 0 aliphatic heterocycles. The van der Waals surface area contributed by atoms with Crippen molar-refractivity contribution in [2.45, 2.75) is 12.7 Å². The van der Waals surface area contributed by atoms with Gasteiger partial charge in [0.15, 0.2) is 0 Å². The third-order valence-electron chi connectivity index (χ3n) is 1.68. The Kier molecular flexibility index (Phi) is 4.49. The van der Waals surface area contributed by atoms with Crippen molar-refractivity contribution in [3.8, 4) is 0 Å². The molecule has 0 saturated heterocycles. The first-order valence-corrected chi connectivity index (χ1v) is 5.09. The summed E-state index contributed by atoms with van der Waals surface area (Å²) in [4.78, 5) is 14.1. The second-order valence-electron chi connectivity index (χ2n) is 2.98. The topological polar surface area (TPSA) is 49.8 Å². The van der Waals surface area contributed by atoms with Gasteiger partial charge in [-0.2, -0.15) is 13.2 Å². The van der Waals surface area contributed by atoms with E-state index in [1.54, 1.807) is 24.3 Å². The highest BCUT2D eigenvalue weighted by Gasteiger charge is 2.42. The number of hydroxylamine groups is 2. The lowest BCUT2D eigenvalue weighted by Gasteiger charge is -2.15. The molecular formula is C9H7BrF3NO3. The van der Waals surface area contributed by atoms with Crippen LogP contribution in [-0.4, -0.2) is 22.6 Å². The predicted molar refractivity (Wildman–Crippen MR) is 53.6 cm³/mol. The number of hydrogen-bond acceptors (Lipinski definition) is 4. The van der Waals surface area contributed by atoms with Crippen molar-refractivity contribution in [2.75, 3.05) is 0 Å². The van der Waals surface area contributed by atoms with E-state index < -0.39 is 12.1 Å². The fourth-order valence-corrected chi connectivity index (χ4v) is 1.36. The molecule has 0 spiro atoms. The number of alkyl halides is 3. The van der Waals surface area contributed by atoms with Crippen molar-refractivity contribution in [2.24, 2.45) is 0 Å². The molecule has 0 atom stereocenters. The number of benzene rings is 1. The largest absolute Gasteiger partial charge is 0.492 e. The van der Waals surface area contributed by atoms with Crippen LogP contribution in [0.1, 0.15) is 5.56 Å². The van der Waals surface area contributed by atoms with E-state index in [4.69, 9.17) is 5.21 Å². The maximum atomic E-state index is 11.8. The molecule has 1 aromatic carbocycles. The fraction of sp³-hybridized carbons (Fsp3) is 0.222.